The zero-order valence-electron chi connectivity index (χ0n) is 10.6. The monoisotopic (exact) mass is 253 g/mol. The van der Waals surface area contributed by atoms with E-state index in [2.05, 4.69) is 17.6 Å². The van der Waals surface area contributed by atoms with Gasteiger partial charge in [-0.05, 0) is 6.42 Å². The van der Waals surface area contributed by atoms with E-state index in [1.54, 1.807) is 0 Å². The van der Waals surface area contributed by atoms with E-state index < -0.39 is 0 Å². The molecule has 6 nitrogen and oxygen atoms in total. The van der Waals surface area contributed by atoms with E-state index in [4.69, 9.17) is 0 Å². The Morgan fingerprint density at radius 1 is 1.11 bits per heavy atom. The number of rotatable bonds is 7. The highest BCUT2D eigenvalue weighted by molar-refractivity contribution is 6.12. The molecule has 2 N–H and O–H groups in total. The predicted molar refractivity (Wildman–Crippen MR) is 66.8 cm³/mol. The topological polar surface area (TPSA) is 78.5 Å². The zero-order valence-corrected chi connectivity index (χ0v) is 10.6. The van der Waals surface area contributed by atoms with Crippen molar-refractivity contribution in [3.8, 4) is 0 Å². The van der Waals surface area contributed by atoms with Crippen LogP contribution in [-0.4, -0.2) is 42.4 Å². The van der Waals surface area contributed by atoms with Crippen molar-refractivity contribution in [3.63, 3.8) is 0 Å². The minimum Gasteiger partial charge on any atom is -0.338 e. The van der Waals surface area contributed by atoms with Crippen molar-refractivity contribution in [3.05, 3.63) is 12.2 Å². The van der Waals surface area contributed by atoms with Gasteiger partial charge >= 0.3 is 6.03 Å². The number of urea groups is 1. The molecule has 100 valence electrons. The molecular formula is C12H19N3O3. The van der Waals surface area contributed by atoms with E-state index in [1.807, 2.05) is 0 Å². The van der Waals surface area contributed by atoms with Gasteiger partial charge in [-0.3, -0.25) is 14.5 Å². The fourth-order valence-corrected chi connectivity index (χ4v) is 1.57. The molecule has 0 bridgehead atoms. The number of carbonyl (C=O) groups excluding carboxylic acids is 3. The Hall–Kier alpha value is -1.85. The van der Waals surface area contributed by atoms with E-state index in [1.165, 1.54) is 12.2 Å². The van der Waals surface area contributed by atoms with Gasteiger partial charge in [0.15, 0.2) is 0 Å². The average Bonchev–Trinajstić information content (AvgIpc) is 2.66. The molecule has 0 saturated carbocycles. The maximum atomic E-state index is 11.3. The second-order valence-electron chi connectivity index (χ2n) is 4.05. The molecule has 0 radical (unpaired) electrons. The summed E-state index contributed by atoms with van der Waals surface area (Å²) in [6, 6.07) is -0.266. The minimum atomic E-state index is -0.329. The molecule has 18 heavy (non-hydrogen) atoms. The van der Waals surface area contributed by atoms with Crippen LogP contribution >= 0.6 is 0 Å². The number of hydrogen-bond acceptors (Lipinski definition) is 3. The van der Waals surface area contributed by atoms with Crippen molar-refractivity contribution in [2.75, 3.05) is 19.6 Å². The van der Waals surface area contributed by atoms with Gasteiger partial charge in [-0.2, -0.15) is 0 Å². The van der Waals surface area contributed by atoms with Gasteiger partial charge in [0.05, 0.1) is 0 Å². The number of amides is 4. The summed E-state index contributed by atoms with van der Waals surface area (Å²) < 4.78 is 0. The van der Waals surface area contributed by atoms with E-state index in [9.17, 15) is 14.4 Å². The van der Waals surface area contributed by atoms with Crippen LogP contribution in [0.15, 0.2) is 12.2 Å². The first kappa shape index (κ1) is 14.2. The second-order valence-corrected chi connectivity index (χ2v) is 4.05. The number of unbranched alkanes of at least 4 members (excludes halogenated alkanes) is 2. The second kappa shape index (κ2) is 7.47. The lowest BCUT2D eigenvalue weighted by molar-refractivity contribution is -0.136. The van der Waals surface area contributed by atoms with Gasteiger partial charge in [0.1, 0.15) is 0 Å². The van der Waals surface area contributed by atoms with Crippen LogP contribution < -0.4 is 10.6 Å². The van der Waals surface area contributed by atoms with Gasteiger partial charge in [0, 0.05) is 31.8 Å². The SMILES string of the molecule is CCCCCNC(=O)NCCN1C(=O)C=CC1=O. The van der Waals surface area contributed by atoms with E-state index in [0.29, 0.717) is 6.54 Å². The summed E-state index contributed by atoms with van der Waals surface area (Å²) in [7, 11) is 0. The molecule has 0 aliphatic carbocycles. The predicted octanol–water partition coefficient (Wildman–Crippen LogP) is 0.401. The molecular weight excluding hydrogens is 234 g/mol. The number of hydrogen-bond donors (Lipinski definition) is 2. The van der Waals surface area contributed by atoms with Crippen molar-refractivity contribution in [1.29, 1.82) is 0 Å². The summed E-state index contributed by atoms with van der Waals surface area (Å²) >= 11 is 0. The Morgan fingerprint density at radius 2 is 1.72 bits per heavy atom. The van der Waals surface area contributed by atoms with E-state index in [0.717, 1.165) is 24.2 Å². The van der Waals surface area contributed by atoms with Crippen molar-refractivity contribution in [2.24, 2.45) is 0 Å². The zero-order chi connectivity index (χ0) is 13.4. The Labute approximate surface area is 106 Å². The van der Waals surface area contributed by atoms with Crippen LogP contribution in [0.5, 0.6) is 0 Å². The molecule has 6 heteroatoms. The standard InChI is InChI=1S/C12H19N3O3/c1-2-3-4-7-13-12(18)14-8-9-15-10(16)5-6-11(15)17/h5-6H,2-4,7-9H2,1H3,(H2,13,14,18). The molecule has 0 unspecified atom stereocenters. The molecule has 0 aromatic rings. The third kappa shape index (κ3) is 4.57. The lowest BCUT2D eigenvalue weighted by Gasteiger charge is -2.14. The Morgan fingerprint density at radius 3 is 2.33 bits per heavy atom. The van der Waals surface area contributed by atoms with Crippen LogP contribution in [0, 0.1) is 0 Å². The van der Waals surface area contributed by atoms with Crippen molar-refractivity contribution in [1.82, 2.24) is 15.5 Å². The number of nitrogens with zero attached hydrogens (tertiary/aromatic N) is 1. The highest BCUT2D eigenvalue weighted by Gasteiger charge is 2.22. The molecule has 4 amide bonds. The molecule has 1 aliphatic rings. The average molecular weight is 253 g/mol. The fourth-order valence-electron chi connectivity index (χ4n) is 1.57. The number of carbonyl (C=O) groups is 3. The van der Waals surface area contributed by atoms with Gasteiger partial charge in [0.25, 0.3) is 11.8 Å². The molecule has 0 aromatic heterocycles. The molecule has 1 rings (SSSR count). The molecule has 1 aliphatic heterocycles. The maximum absolute atomic E-state index is 11.3. The van der Waals surface area contributed by atoms with Crippen molar-refractivity contribution in [2.45, 2.75) is 26.2 Å². The van der Waals surface area contributed by atoms with Crippen LogP contribution in [0.25, 0.3) is 0 Å². The van der Waals surface area contributed by atoms with Crippen molar-refractivity contribution >= 4 is 17.8 Å². The molecule has 0 spiro atoms. The van der Waals surface area contributed by atoms with Crippen LogP contribution in [0.3, 0.4) is 0 Å². The number of nitrogens with one attached hydrogen (secondary N) is 2. The first-order chi connectivity index (χ1) is 8.65. The first-order valence-corrected chi connectivity index (χ1v) is 6.20. The smallest absolute Gasteiger partial charge is 0.314 e. The van der Waals surface area contributed by atoms with Crippen LogP contribution in [0.4, 0.5) is 4.79 Å². The normalized spacial score (nSPS) is 14.2. The summed E-state index contributed by atoms with van der Waals surface area (Å²) in [6.07, 6.45) is 5.61. The quantitative estimate of drug-likeness (QED) is 0.509. The summed E-state index contributed by atoms with van der Waals surface area (Å²) in [5, 5.41) is 5.31. The van der Waals surface area contributed by atoms with Crippen molar-refractivity contribution < 1.29 is 14.4 Å². The summed E-state index contributed by atoms with van der Waals surface area (Å²) in [5.74, 6) is -0.657. The minimum absolute atomic E-state index is 0.201. The Bertz CT molecular complexity index is 334. The first-order valence-electron chi connectivity index (χ1n) is 6.20. The Kier molecular flexibility index (Phi) is 5.90. The fraction of sp³-hybridized carbons (Fsp3) is 0.583. The molecule has 0 atom stereocenters. The summed E-state index contributed by atoms with van der Waals surface area (Å²) in [5.41, 5.74) is 0. The summed E-state index contributed by atoms with van der Waals surface area (Å²) in [6.45, 7) is 3.20. The lowest BCUT2D eigenvalue weighted by atomic mass is 10.2. The maximum Gasteiger partial charge on any atom is 0.314 e. The van der Waals surface area contributed by atoms with Gasteiger partial charge in [-0.15, -0.1) is 0 Å². The molecule has 1 heterocycles. The highest BCUT2D eigenvalue weighted by Crippen LogP contribution is 2.01. The summed E-state index contributed by atoms with van der Waals surface area (Å²) in [4.78, 5) is 34.8. The molecule has 0 fully saturated rings. The van der Waals surface area contributed by atoms with Crippen LogP contribution in [0.1, 0.15) is 26.2 Å². The third-order valence-electron chi connectivity index (χ3n) is 2.59. The third-order valence-corrected chi connectivity index (χ3v) is 2.59. The molecule has 0 aromatic carbocycles. The van der Waals surface area contributed by atoms with Gasteiger partial charge in [0.2, 0.25) is 0 Å². The lowest BCUT2D eigenvalue weighted by Crippen LogP contribution is -2.42. The highest BCUT2D eigenvalue weighted by atomic mass is 16.2. The largest absolute Gasteiger partial charge is 0.338 e. The van der Waals surface area contributed by atoms with Gasteiger partial charge in [-0.1, -0.05) is 19.8 Å². The van der Waals surface area contributed by atoms with Crippen LogP contribution in [-0.2, 0) is 9.59 Å². The molecule has 0 saturated heterocycles. The van der Waals surface area contributed by atoms with E-state index >= 15 is 0 Å². The van der Waals surface area contributed by atoms with Gasteiger partial charge in [-0.25, -0.2) is 4.79 Å². The van der Waals surface area contributed by atoms with Gasteiger partial charge < -0.3 is 10.6 Å². The van der Waals surface area contributed by atoms with E-state index in [-0.39, 0.29) is 30.9 Å². The number of imide groups is 1. The van der Waals surface area contributed by atoms with Crippen LogP contribution in [0.2, 0.25) is 0 Å². The Balaban J connectivity index is 2.09.